The lowest BCUT2D eigenvalue weighted by molar-refractivity contribution is 0.750. The van der Waals surface area contributed by atoms with Crippen molar-refractivity contribution >= 4 is 16.7 Å². The van der Waals surface area contributed by atoms with Crippen molar-refractivity contribution < 1.29 is 0 Å². The number of nitrogens with one attached hydrogen (secondary N) is 1. The molecule has 3 rings (SSSR count). The number of nitrogens with zero attached hydrogens (tertiary/aromatic N) is 1. The normalized spacial score (nSPS) is 10.9. The van der Waals surface area contributed by atoms with Crippen LogP contribution in [0, 0.1) is 12.3 Å². The van der Waals surface area contributed by atoms with Crippen molar-refractivity contribution in [2.24, 2.45) is 5.73 Å². The average molecular weight is 277 g/mol. The monoisotopic (exact) mass is 277 g/mol. The van der Waals surface area contributed by atoms with Gasteiger partial charge in [0, 0.05) is 30.1 Å². The van der Waals surface area contributed by atoms with E-state index in [0.717, 1.165) is 6.54 Å². The van der Waals surface area contributed by atoms with E-state index in [1.165, 1.54) is 27.6 Å². The minimum atomic E-state index is 0.230. The SMILES string of the molecule is Cc1cccc(-c2ccc3c(ccn3CCC(=N)N)c2)c1. The fourth-order valence-corrected chi connectivity index (χ4v) is 2.64. The smallest absolute Gasteiger partial charge is 0.0923 e. The van der Waals surface area contributed by atoms with Gasteiger partial charge in [-0.3, -0.25) is 5.41 Å². The number of rotatable bonds is 4. The van der Waals surface area contributed by atoms with E-state index >= 15 is 0 Å². The van der Waals surface area contributed by atoms with Crippen LogP contribution in [-0.4, -0.2) is 10.4 Å². The molecule has 3 heteroatoms. The lowest BCUT2D eigenvalue weighted by Crippen LogP contribution is -2.12. The number of hydrogen-bond donors (Lipinski definition) is 2. The molecule has 0 radical (unpaired) electrons. The predicted molar refractivity (Wildman–Crippen MR) is 88.6 cm³/mol. The molecule has 0 saturated carbocycles. The van der Waals surface area contributed by atoms with Gasteiger partial charge in [0.15, 0.2) is 0 Å². The molecule has 0 aliphatic heterocycles. The van der Waals surface area contributed by atoms with Gasteiger partial charge >= 0.3 is 0 Å². The lowest BCUT2D eigenvalue weighted by atomic mass is 10.0. The van der Waals surface area contributed by atoms with Crippen LogP contribution < -0.4 is 5.73 Å². The van der Waals surface area contributed by atoms with Crippen molar-refractivity contribution in [3.05, 3.63) is 60.3 Å². The third-order valence-electron chi connectivity index (χ3n) is 3.74. The van der Waals surface area contributed by atoms with Crippen LogP contribution in [0.5, 0.6) is 0 Å². The Kier molecular flexibility index (Phi) is 3.48. The van der Waals surface area contributed by atoms with E-state index in [9.17, 15) is 0 Å². The van der Waals surface area contributed by atoms with Gasteiger partial charge in [-0.1, -0.05) is 35.9 Å². The molecule has 3 nitrogen and oxygen atoms in total. The molecule has 0 saturated heterocycles. The van der Waals surface area contributed by atoms with Crippen molar-refractivity contribution in [1.29, 1.82) is 5.41 Å². The summed E-state index contributed by atoms with van der Waals surface area (Å²) < 4.78 is 2.15. The minimum Gasteiger partial charge on any atom is -0.388 e. The van der Waals surface area contributed by atoms with Crippen molar-refractivity contribution in [3.63, 3.8) is 0 Å². The number of amidine groups is 1. The van der Waals surface area contributed by atoms with Crippen molar-refractivity contribution in [2.45, 2.75) is 19.9 Å². The quantitative estimate of drug-likeness (QED) is 0.550. The van der Waals surface area contributed by atoms with Gasteiger partial charge in [-0.05, 0) is 36.2 Å². The van der Waals surface area contributed by atoms with Crippen LogP contribution in [0.25, 0.3) is 22.0 Å². The zero-order chi connectivity index (χ0) is 14.8. The highest BCUT2D eigenvalue weighted by Crippen LogP contribution is 2.26. The van der Waals surface area contributed by atoms with Gasteiger partial charge in [0.25, 0.3) is 0 Å². The number of nitrogens with two attached hydrogens (primary N) is 1. The summed E-state index contributed by atoms with van der Waals surface area (Å²) in [5, 5.41) is 8.56. The van der Waals surface area contributed by atoms with Crippen LogP contribution in [0.15, 0.2) is 54.7 Å². The molecule has 0 atom stereocenters. The maximum atomic E-state index is 7.34. The van der Waals surface area contributed by atoms with Gasteiger partial charge in [0.05, 0.1) is 5.84 Å². The van der Waals surface area contributed by atoms with E-state index in [1.54, 1.807) is 0 Å². The van der Waals surface area contributed by atoms with E-state index in [-0.39, 0.29) is 5.84 Å². The highest BCUT2D eigenvalue weighted by molar-refractivity contribution is 5.86. The van der Waals surface area contributed by atoms with Crippen molar-refractivity contribution in [2.75, 3.05) is 0 Å². The number of fused-ring (bicyclic) bond motifs is 1. The highest BCUT2D eigenvalue weighted by Gasteiger charge is 2.04. The molecule has 0 fully saturated rings. The first-order valence-corrected chi connectivity index (χ1v) is 7.12. The lowest BCUT2D eigenvalue weighted by Gasteiger charge is -2.06. The van der Waals surface area contributed by atoms with Crippen molar-refractivity contribution in [3.8, 4) is 11.1 Å². The van der Waals surface area contributed by atoms with E-state index in [1.807, 2.05) is 0 Å². The van der Waals surface area contributed by atoms with E-state index in [4.69, 9.17) is 11.1 Å². The molecule has 106 valence electrons. The Bertz CT molecular complexity index is 799. The maximum absolute atomic E-state index is 7.34. The average Bonchev–Trinajstić information content (AvgIpc) is 2.87. The maximum Gasteiger partial charge on any atom is 0.0923 e. The number of aryl methyl sites for hydroxylation is 2. The van der Waals surface area contributed by atoms with Crippen LogP contribution >= 0.6 is 0 Å². The molecule has 0 aliphatic carbocycles. The molecular formula is C18H19N3. The first-order valence-electron chi connectivity index (χ1n) is 7.12. The Hall–Kier alpha value is -2.55. The van der Waals surface area contributed by atoms with Crippen LogP contribution in [0.2, 0.25) is 0 Å². The Balaban J connectivity index is 1.96. The molecule has 21 heavy (non-hydrogen) atoms. The summed E-state index contributed by atoms with van der Waals surface area (Å²) >= 11 is 0. The Labute approximate surface area is 124 Å². The molecule has 3 N–H and O–H groups in total. The van der Waals surface area contributed by atoms with Gasteiger partial charge in [0.1, 0.15) is 0 Å². The topological polar surface area (TPSA) is 54.8 Å². The summed E-state index contributed by atoms with van der Waals surface area (Å²) in [6, 6.07) is 17.2. The Morgan fingerprint density at radius 1 is 1.10 bits per heavy atom. The van der Waals surface area contributed by atoms with Gasteiger partial charge in [-0.15, -0.1) is 0 Å². The third-order valence-corrected chi connectivity index (χ3v) is 3.74. The summed E-state index contributed by atoms with van der Waals surface area (Å²) in [6.07, 6.45) is 2.65. The predicted octanol–water partition coefficient (Wildman–Crippen LogP) is 3.94. The van der Waals surface area contributed by atoms with E-state index < -0.39 is 0 Å². The second kappa shape index (κ2) is 5.44. The second-order valence-electron chi connectivity index (χ2n) is 5.43. The number of benzene rings is 2. The fourth-order valence-electron chi connectivity index (χ4n) is 2.64. The minimum absolute atomic E-state index is 0.230. The summed E-state index contributed by atoms with van der Waals surface area (Å²) in [4.78, 5) is 0. The fraction of sp³-hybridized carbons (Fsp3) is 0.167. The molecule has 3 aromatic rings. The molecule has 1 heterocycles. The van der Waals surface area contributed by atoms with Crippen molar-refractivity contribution in [1.82, 2.24) is 4.57 Å². The van der Waals surface area contributed by atoms with Gasteiger partial charge in [-0.25, -0.2) is 0 Å². The molecule has 2 aromatic carbocycles. The molecule has 0 unspecified atom stereocenters. The first-order chi connectivity index (χ1) is 10.1. The van der Waals surface area contributed by atoms with Crippen LogP contribution in [0.1, 0.15) is 12.0 Å². The van der Waals surface area contributed by atoms with Crippen LogP contribution in [-0.2, 0) is 6.54 Å². The molecular weight excluding hydrogens is 258 g/mol. The number of hydrogen-bond acceptors (Lipinski definition) is 1. The molecule has 0 aliphatic rings. The van der Waals surface area contributed by atoms with E-state index in [2.05, 4.69) is 66.2 Å². The third kappa shape index (κ3) is 2.82. The summed E-state index contributed by atoms with van der Waals surface area (Å²) in [5.41, 5.74) is 10.4. The number of aromatic nitrogens is 1. The summed E-state index contributed by atoms with van der Waals surface area (Å²) in [5.74, 6) is 0.230. The van der Waals surface area contributed by atoms with Gasteiger partial charge in [-0.2, -0.15) is 0 Å². The zero-order valence-electron chi connectivity index (χ0n) is 12.1. The first kappa shape index (κ1) is 13.4. The highest BCUT2D eigenvalue weighted by atomic mass is 15.0. The summed E-state index contributed by atoms with van der Waals surface area (Å²) in [6.45, 7) is 2.86. The van der Waals surface area contributed by atoms with E-state index in [0.29, 0.717) is 6.42 Å². The largest absolute Gasteiger partial charge is 0.388 e. The van der Waals surface area contributed by atoms with Gasteiger partial charge in [0.2, 0.25) is 0 Å². The molecule has 0 amide bonds. The zero-order valence-corrected chi connectivity index (χ0v) is 12.1. The van der Waals surface area contributed by atoms with Crippen LogP contribution in [0.3, 0.4) is 0 Å². The Morgan fingerprint density at radius 3 is 2.67 bits per heavy atom. The summed E-state index contributed by atoms with van der Waals surface area (Å²) in [7, 11) is 0. The standard InChI is InChI=1S/C18H19N3/c1-13-3-2-4-14(11-13)15-5-6-17-16(12-15)7-9-21(17)10-8-18(19)20/h2-7,9,11-12H,8,10H2,1H3,(H3,19,20). The van der Waals surface area contributed by atoms with Gasteiger partial charge < -0.3 is 10.3 Å². The molecule has 1 aromatic heterocycles. The molecule has 0 spiro atoms. The second-order valence-corrected chi connectivity index (χ2v) is 5.43. The Morgan fingerprint density at radius 2 is 1.90 bits per heavy atom. The van der Waals surface area contributed by atoms with Crippen LogP contribution in [0.4, 0.5) is 0 Å². The molecule has 0 bridgehead atoms.